The highest BCUT2D eigenvalue weighted by Gasteiger charge is 1.72. The Morgan fingerprint density at radius 2 is 2.57 bits per heavy atom. The van der Waals surface area contributed by atoms with Gasteiger partial charge in [-0.2, -0.15) is 5.48 Å². The van der Waals surface area contributed by atoms with E-state index in [4.69, 9.17) is 12.2 Å². The standard InChI is InChI=1S/C4H8N2O/c1-2-3-7-6-4-5/h1,6H,3-5H2. The van der Waals surface area contributed by atoms with Crippen LogP contribution >= 0.6 is 0 Å². The van der Waals surface area contributed by atoms with Gasteiger partial charge >= 0.3 is 0 Å². The molecule has 0 aromatic rings. The van der Waals surface area contributed by atoms with Crippen LogP contribution in [-0.4, -0.2) is 13.3 Å². The number of hydrogen-bond donors (Lipinski definition) is 2. The molecule has 0 bridgehead atoms. The van der Waals surface area contributed by atoms with E-state index in [1.165, 1.54) is 0 Å². The number of nitrogens with two attached hydrogens (primary N) is 1. The lowest BCUT2D eigenvalue weighted by atomic mass is 10.8. The summed E-state index contributed by atoms with van der Waals surface area (Å²) in [4.78, 5) is 4.52. The minimum absolute atomic E-state index is 0.261. The first-order valence-corrected chi connectivity index (χ1v) is 1.90. The average Bonchev–Trinajstić information content (AvgIpc) is 1.69. The average molecular weight is 100 g/mol. The lowest BCUT2D eigenvalue weighted by Gasteiger charge is -1.94. The molecule has 0 aliphatic rings. The summed E-state index contributed by atoms with van der Waals surface area (Å²) in [6.45, 7) is 0.554. The van der Waals surface area contributed by atoms with Crippen molar-refractivity contribution in [3.63, 3.8) is 0 Å². The highest BCUT2D eigenvalue weighted by molar-refractivity contribution is 4.82. The Morgan fingerprint density at radius 1 is 1.86 bits per heavy atom. The van der Waals surface area contributed by atoms with Crippen molar-refractivity contribution in [3.8, 4) is 12.3 Å². The van der Waals surface area contributed by atoms with Gasteiger partial charge in [-0.15, -0.1) is 6.42 Å². The molecule has 3 heteroatoms. The number of hydroxylamine groups is 1. The molecule has 0 spiro atoms. The molecule has 0 amide bonds. The SMILES string of the molecule is C#CCONCN. The largest absolute Gasteiger partial charge is 0.317 e. The molecule has 40 valence electrons. The summed E-state index contributed by atoms with van der Waals surface area (Å²) in [5.41, 5.74) is 7.35. The molecule has 0 fully saturated rings. The van der Waals surface area contributed by atoms with Crippen molar-refractivity contribution >= 4 is 0 Å². The molecule has 3 nitrogen and oxygen atoms in total. The van der Waals surface area contributed by atoms with E-state index in [2.05, 4.69) is 16.2 Å². The Morgan fingerprint density at radius 3 is 3.00 bits per heavy atom. The van der Waals surface area contributed by atoms with Gasteiger partial charge in [0, 0.05) is 0 Å². The van der Waals surface area contributed by atoms with Crippen molar-refractivity contribution in [2.45, 2.75) is 0 Å². The second-order valence-electron chi connectivity index (χ2n) is 0.841. The maximum absolute atomic E-state index is 4.96. The summed E-state index contributed by atoms with van der Waals surface area (Å²) >= 11 is 0. The van der Waals surface area contributed by atoms with Crippen LogP contribution < -0.4 is 11.2 Å². The first kappa shape index (κ1) is 6.44. The van der Waals surface area contributed by atoms with E-state index >= 15 is 0 Å². The van der Waals surface area contributed by atoms with Gasteiger partial charge in [0.15, 0.2) is 0 Å². The van der Waals surface area contributed by atoms with Gasteiger partial charge in [0.1, 0.15) is 6.61 Å². The van der Waals surface area contributed by atoms with E-state index in [0.29, 0.717) is 6.67 Å². The first-order valence-electron chi connectivity index (χ1n) is 1.90. The fourth-order valence-corrected chi connectivity index (χ4v) is 0.152. The predicted octanol–water partition coefficient (Wildman–Crippen LogP) is -0.943. The summed E-state index contributed by atoms with van der Waals surface area (Å²) in [5.74, 6) is 2.26. The van der Waals surface area contributed by atoms with E-state index < -0.39 is 0 Å². The van der Waals surface area contributed by atoms with Crippen LogP contribution in [0.3, 0.4) is 0 Å². The van der Waals surface area contributed by atoms with Gasteiger partial charge in [0.25, 0.3) is 0 Å². The molecule has 0 aromatic heterocycles. The highest BCUT2D eigenvalue weighted by Crippen LogP contribution is 1.56. The molecule has 0 saturated heterocycles. The Hall–Kier alpha value is -0.560. The van der Waals surface area contributed by atoms with Gasteiger partial charge < -0.3 is 5.73 Å². The van der Waals surface area contributed by atoms with Crippen LogP contribution in [0.15, 0.2) is 0 Å². The van der Waals surface area contributed by atoms with Gasteiger partial charge in [-0.25, -0.2) is 0 Å². The Balaban J connectivity index is 2.60. The summed E-state index contributed by atoms with van der Waals surface area (Å²) in [7, 11) is 0. The number of terminal acetylenes is 1. The highest BCUT2D eigenvalue weighted by atomic mass is 16.6. The van der Waals surface area contributed by atoms with E-state index in [9.17, 15) is 0 Å². The molecular formula is C4H8N2O. The van der Waals surface area contributed by atoms with Gasteiger partial charge in [-0.1, -0.05) is 5.92 Å². The van der Waals surface area contributed by atoms with Crippen molar-refractivity contribution < 1.29 is 4.84 Å². The third-order valence-electron chi connectivity index (χ3n) is 0.341. The molecule has 0 aliphatic heterocycles. The van der Waals surface area contributed by atoms with Gasteiger partial charge in [0.2, 0.25) is 0 Å². The van der Waals surface area contributed by atoms with Crippen molar-refractivity contribution in [2.24, 2.45) is 5.73 Å². The van der Waals surface area contributed by atoms with E-state index in [1.807, 2.05) is 0 Å². The summed E-state index contributed by atoms with van der Waals surface area (Å²) in [6.07, 6.45) is 4.81. The minimum atomic E-state index is 0.261. The second-order valence-corrected chi connectivity index (χ2v) is 0.841. The van der Waals surface area contributed by atoms with E-state index in [-0.39, 0.29) is 6.61 Å². The zero-order valence-electron chi connectivity index (χ0n) is 3.98. The molecule has 7 heavy (non-hydrogen) atoms. The van der Waals surface area contributed by atoms with Crippen molar-refractivity contribution in [3.05, 3.63) is 0 Å². The third-order valence-corrected chi connectivity index (χ3v) is 0.341. The van der Waals surface area contributed by atoms with Gasteiger partial charge in [-0.05, 0) is 0 Å². The van der Waals surface area contributed by atoms with E-state index in [1.54, 1.807) is 0 Å². The van der Waals surface area contributed by atoms with Crippen molar-refractivity contribution in [2.75, 3.05) is 13.3 Å². The molecule has 0 rings (SSSR count). The van der Waals surface area contributed by atoms with Crippen LogP contribution in [0.25, 0.3) is 0 Å². The number of rotatable bonds is 3. The molecule has 0 radical (unpaired) electrons. The third kappa shape index (κ3) is 5.44. The molecule has 3 N–H and O–H groups in total. The Labute approximate surface area is 42.8 Å². The normalized spacial score (nSPS) is 8.00. The van der Waals surface area contributed by atoms with Crippen LogP contribution in [0.4, 0.5) is 0 Å². The minimum Gasteiger partial charge on any atom is -0.317 e. The molecule has 0 atom stereocenters. The fourth-order valence-electron chi connectivity index (χ4n) is 0.152. The van der Waals surface area contributed by atoms with Crippen LogP contribution in [0, 0.1) is 12.3 Å². The van der Waals surface area contributed by atoms with Crippen LogP contribution in [0.2, 0.25) is 0 Å². The lowest BCUT2D eigenvalue weighted by Crippen LogP contribution is -2.22. The molecule has 0 aromatic carbocycles. The monoisotopic (exact) mass is 100 g/mol. The number of nitrogens with one attached hydrogen (secondary N) is 1. The molecule has 0 aliphatic carbocycles. The first-order chi connectivity index (χ1) is 3.41. The summed E-state index contributed by atoms with van der Waals surface area (Å²) in [6, 6.07) is 0. The molecular weight excluding hydrogens is 92.1 g/mol. The molecule has 0 heterocycles. The van der Waals surface area contributed by atoms with Crippen molar-refractivity contribution in [1.29, 1.82) is 0 Å². The van der Waals surface area contributed by atoms with Crippen molar-refractivity contribution in [1.82, 2.24) is 5.48 Å². The van der Waals surface area contributed by atoms with Gasteiger partial charge in [-0.3, -0.25) is 4.84 Å². The van der Waals surface area contributed by atoms with Crippen LogP contribution in [-0.2, 0) is 4.84 Å². The van der Waals surface area contributed by atoms with Gasteiger partial charge in [0.05, 0.1) is 6.67 Å². The molecule has 0 unspecified atom stereocenters. The smallest absolute Gasteiger partial charge is 0.128 e. The van der Waals surface area contributed by atoms with E-state index in [0.717, 1.165) is 0 Å². The zero-order valence-corrected chi connectivity index (χ0v) is 3.98. The molecule has 0 saturated carbocycles. The topological polar surface area (TPSA) is 47.3 Å². The van der Waals surface area contributed by atoms with Crippen LogP contribution in [0.1, 0.15) is 0 Å². The summed E-state index contributed by atoms with van der Waals surface area (Å²) < 4.78 is 0. The Kier molecular flexibility index (Phi) is 5.00. The maximum atomic E-state index is 4.96. The fraction of sp³-hybridized carbons (Fsp3) is 0.500. The van der Waals surface area contributed by atoms with Crippen LogP contribution in [0.5, 0.6) is 0 Å². The predicted molar refractivity (Wildman–Crippen MR) is 27.0 cm³/mol. The quantitative estimate of drug-likeness (QED) is 0.208. The summed E-state index contributed by atoms with van der Waals surface area (Å²) in [5, 5.41) is 0. The lowest BCUT2D eigenvalue weighted by molar-refractivity contribution is 0.0683. The Bertz CT molecular complexity index is 66.6. The maximum Gasteiger partial charge on any atom is 0.128 e. The number of hydrogen-bond acceptors (Lipinski definition) is 3. The second kappa shape index (κ2) is 5.44. The zero-order chi connectivity index (χ0) is 5.54.